The molecule has 1 rings (SSSR count). The average Bonchev–Trinajstić information content (AvgIpc) is 2.27. The number of amides is 1. The minimum Gasteiger partial charge on any atom is -0.353 e. The van der Waals surface area contributed by atoms with Gasteiger partial charge in [-0.1, -0.05) is 28.1 Å². The Bertz CT molecular complexity index is 559. The number of carbonyl (C=O) groups excluding carboxylic acids is 1. The topological polar surface area (TPSA) is 89.3 Å². The highest BCUT2D eigenvalue weighted by Crippen LogP contribution is 2.20. The van der Waals surface area contributed by atoms with Gasteiger partial charge in [-0.05, 0) is 24.6 Å². The van der Waals surface area contributed by atoms with Crippen molar-refractivity contribution < 1.29 is 13.2 Å². The molecule has 0 aliphatic carbocycles. The molecule has 0 fully saturated rings. The summed E-state index contributed by atoms with van der Waals surface area (Å²) in [5.74, 6) is -0.506. The van der Waals surface area contributed by atoms with Crippen molar-refractivity contribution in [2.45, 2.75) is 12.5 Å². The van der Waals surface area contributed by atoms with Crippen molar-refractivity contribution in [1.29, 1.82) is 0 Å². The van der Waals surface area contributed by atoms with Crippen LogP contribution < -0.4 is 11.1 Å². The van der Waals surface area contributed by atoms with E-state index in [-0.39, 0.29) is 24.7 Å². The maximum absolute atomic E-state index is 12.0. The fourth-order valence-corrected chi connectivity index (χ4v) is 2.20. The van der Waals surface area contributed by atoms with Crippen LogP contribution in [0.4, 0.5) is 0 Å². The van der Waals surface area contributed by atoms with E-state index in [0.717, 1.165) is 10.7 Å². The molecule has 0 aromatic heterocycles. The molecule has 3 N–H and O–H groups in total. The number of hydrogen-bond donors (Lipinski definition) is 2. The molecule has 0 aliphatic rings. The maximum atomic E-state index is 12.0. The Kier molecular flexibility index (Phi) is 7.17. The van der Waals surface area contributed by atoms with Crippen LogP contribution in [-0.4, -0.2) is 32.9 Å². The van der Waals surface area contributed by atoms with E-state index in [1.165, 1.54) is 0 Å². The molecule has 1 unspecified atom stereocenters. The van der Waals surface area contributed by atoms with Gasteiger partial charge in [-0.15, -0.1) is 12.4 Å². The van der Waals surface area contributed by atoms with Crippen molar-refractivity contribution in [1.82, 2.24) is 5.32 Å². The van der Waals surface area contributed by atoms with Crippen LogP contribution in [0.25, 0.3) is 0 Å². The number of benzene rings is 1. The summed E-state index contributed by atoms with van der Waals surface area (Å²) in [5, 5.41) is 2.54. The van der Waals surface area contributed by atoms with Crippen LogP contribution in [0.3, 0.4) is 0 Å². The van der Waals surface area contributed by atoms with Gasteiger partial charge in [-0.2, -0.15) is 0 Å². The molecule has 0 bridgehead atoms. The highest BCUT2D eigenvalue weighted by Gasteiger charge is 2.30. The quantitative estimate of drug-likeness (QED) is 0.797. The van der Waals surface area contributed by atoms with Gasteiger partial charge in [-0.3, -0.25) is 4.79 Å². The summed E-state index contributed by atoms with van der Waals surface area (Å²) in [5.41, 5.74) is 5.47. The van der Waals surface area contributed by atoms with E-state index in [9.17, 15) is 13.2 Å². The van der Waals surface area contributed by atoms with E-state index in [1.54, 1.807) is 31.2 Å². The van der Waals surface area contributed by atoms with Gasteiger partial charge in [0, 0.05) is 17.3 Å². The number of sulfone groups is 1. The molecule has 1 amide bonds. The van der Waals surface area contributed by atoms with Crippen molar-refractivity contribution in [2.75, 3.05) is 18.6 Å². The van der Waals surface area contributed by atoms with Gasteiger partial charge in [0.2, 0.25) is 5.91 Å². The summed E-state index contributed by atoms with van der Waals surface area (Å²) in [6, 6.07) is 7.09. The molecule has 0 aliphatic heterocycles. The normalized spacial score (nSPS) is 14.0. The lowest BCUT2D eigenvalue weighted by atomic mass is 9.92. The first-order valence-electron chi connectivity index (χ1n) is 5.64. The van der Waals surface area contributed by atoms with Crippen LogP contribution in [-0.2, 0) is 20.2 Å². The Morgan fingerprint density at radius 3 is 2.30 bits per heavy atom. The molecule has 0 saturated carbocycles. The Labute approximate surface area is 133 Å². The summed E-state index contributed by atoms with van der Waals surface area (Å²) in [6.45, 7) is 1.65. The molecule has 0 spiro atoms. The Balaban J connectivity index is 0.00000361. The van der Waals surface area contributed by atoms with Crippen LogP contribution in [0.1, 0.15) is 12.5 Å². The number of hydrogen-bond acceptors (Lipinski definition) is 4. The SMILES string of the molecule is CC(N)(C(=O)NCCS(C)(=O)=O)c1ccc(Br)cc1.Cl. The van der Waals surface area contributed by atoms with Crippen molar-refractivity contribution in [2.24, 2.45) is 5.73 Å². The molecule has 5 nitrogen and oxygen atoms in total. The number of carbonyl (C=O) groups is 1. The number of rotatable bonds is 5. The third-order valence-corrected chi connectivity index (χ3v) is 4.15. The van der Waals surface area contributed by atoms with Gasteiger partial charge >= 0.3 is 0 Å². The molecule has 1 atom stereocenters. The van der Waals surface area contributed by atoms with Crippen molar-refractivity contribution in [3.8, 4) is 0 Å². The van der Waals surface area contributed by atoms with Crippen molar-refractivity contribution in [3.05, 3.63) is 34.3 Å². The standard InChI is InChI=1S/C12H17BrN2O3S.ClH/c1-12(14,9-3-5-10(13)6-4-9)11(16)15-7-8-19(2,17)18;/h3-6H,7-8,14H2,1-2H3,(H,15,16);1H. The predicted octanol–water partition coefficient (Wildman–Crippen LogP) is 1.21. The Morgan fingerprint density at radius 1 is 1.35 bits per heavy atom. The van der Waals surface area contributed by atoms with Crippen LogP contribution in [0.5, 0.6) is 0 Å². The van der Waals surface area contributed by atoms with E-state index in [4.69, 9.17) is 5.73 Å². The minimum atomic E-state index is -3.10. The first kappa shape index (κ1) is 19.4. The predicted molar refractivity (Wildman–Crippen MR) is 85.6 cm³/mol. The second-order valence-corrected chi connectivity index (χ2v) is 7.77. The zero-order valence-corrected chi connectivity index (χ0v) is 14.4. The smallest absolute Gasteiger partial charge is 0.244 e. The number of nitrogens with one attached hydrogen (secondary N) is 1. The summed E-state index contributed by atoms with van der Waals surface area (Å²) in [6.07, 6.45) is 1.12. The summed E-state index contributed by atoms with van der Waals surface area (Å²) in [7, 11) is -3.10. The largest absolute Gasteiger partial charge is 0.353 e. The maximum Gasteiger partial charge on any atom is 0.244 e. The zero-order chi connectivity index (χ0) is 14.7. The summed E-state index contributed by atoms with van der Waals surface area (Å²) >= 11 is 3.30. The fourth-order valence-electron chi connectivity index (χ4n) is 1.46. The van der Waals surface area contributed by atoms with E-state index < -0.39 is 21.3 Å². The second kappa shape index (κ2) is 7.40. The Hall–Kier alpha value is -0.630. The molecule has 8 heteroatoms. The molecule has 1 aromatic carbocycles. The molecule has 114 valence electrons. The molecule has 0 saturated heterocycles. The van der Waals surface area contributed by atoms with E-state index in [0.29, 0.717) is 5.56 Å². The highest BCUT2D eigenvalue weighted by molar-refractivity contribution is 9.10. The lowest BCUT2D eigenvalue weighted by molar-refractivity contribution is -0.125. The third kappa shape index (κ3) is 5.78. The van der Waals surface area contributed by atoms with E-state index in [2.05, 4.69) is 21.2 Å². The van der Waals surface area contributed by atoms with Gasteiger partial charge in [0.1, 0.15) is 15.4 Å². The first-order chi connectivity index (χ1) is 8.63. The molecular formula is C12H18BrClN2O3S. The lowest BCUT2D eigenvalue weighted by Crippen LogP contribution is -2.49. The van der Waals surface area contributed by atoms with Crippen molar-refractivity contribution in [3.63, 3.8) is 0 Å². The first-order valence-corrected chi connectivity index (χ1v) is 8.49. The number of halogens is 2. The van der Waals surface area contributed by atoms with Crippen LogP contribution in [0.2, 0.25) is 0 Å². The van der Waals surface area contributed by atoms with Crippen LogP contribution in [0.15, 0.2) is 28.7 Å². The molecule has 0 heterocycles. The number of nitrogens with two attached hydrogens (primary N) is 1. The van der Waals surface area contributed by atoms with Crippen LogP contribution >= 0.6 is 28.3 Å². The zero-order valence-electron chi connectivity index (χ0n) is 11.2. The van der Waals surface area contributed by atoms with Gasteiger partial charge in [-0.25, -0.2) is 8.42 Å². The molecule has 0 radical (unpaired) electrons. The van der Waals surface area contributed by atoms with E-state index >= 15 is 0 Å². The summed E-state index contributed by atoms with van der Waals surface area (Å²) in [4.78, 5) is 12.0. The highest BCUT2D eigenvalue weighted by atomic mass is 79.9. The van der Waals surface area contributed by atoms with E-state index in [1.807, 2.05) is 0 Å². The van der Waals surface area contributed by atoms with Gasteiger partial charge in [0.25, 0.3) is 0 Å². The molecular weight excluding hydrogens is 368 g/mol. The van der Waals surface area contributed by atoms with Gasteiger partial charge in [0.05, 0.1) is 5.75 Å². The third-order valence-electron chi connectivity index (χ3n) is 2.67. The monoisotopic (exact) mass is 384 g/mol. The summed E-state index contributed by atoms with van der Waals surface area (Å²) < 4.78 is 22.9. The molecule has 1 aromatic rings. The molecule has 20 heavy (non-hydrogen) atoms. The second-order valence-electron chi connectivity index (χ2n) is 4.60. The fraction of sp³-hybridized carbons (Fsp3) is 0.417. The van der Waals surface area contributed by atoms with Gasteiger partial charge in [0.15, 0.2) is 0 Å². The average molecular weight is 386 g/mol. The van der Waals surface area contributed by atoms with Crippen molar-refractivity contribution >= 4 is 44.1 Å². The Morgan fingerprint density at radius 2 is 1.85 bits per heavy atom. The van der Waals surface area contributed by atoms with Gasteiger partial charge < -0.3 is 11.1 Å². The van der Waals surface area contributed by atoms with Crippen LogP contribution in [0, 0.1) is 0 Å². The minimum absolute atomic E-state index is 0. The lowest BCUT2D eigenvalue weighted by Gasteiger charge is -2.24.